The van der Waals surface area contributed by atoms with Gasteiger partial charge in [-0.1, -0.05) is 37.3 Å². The third kappa shape index (κ3) is 10.7. The molecule has 0 heterocycles. The number of nitrogens with one attached hydrogen (secondary N) is 1. The first-order chi connectivity index (χ1) is 16.9. The van der Waals surface area contributed by atoms with Crippen molar-refractivity contribution in [3.8, 4) is 11.5 Å². The van der Waals surface area contributed by atoms with E-state index in [0.717, 1.165) is 17.7 Å². The average Bonchev–Trinajstić information content (AvgIpc) is 2.86. The van der Waals surface area contributed by atoms with Crippen LogP contribution in [-0.4, -0.2) is 67.1 Å². The number of hydrogen-bond acceptors (Lipinski definition) is 5. The lowest BCUT2D eigenvalue weighted by molar-refractivity contribution is -0.149. The van der Waals surface area contributed by atoms with Gasteiger partial charge in [-0.25, -0.2) is 9.59 Å². The Hall–Kier alpha value is -3.26. The van der Waals surface area contributed by atoms with Crippen molar-refractivity contribution in [2.24, 2.45) is 0 Å². The number of urea groups is 1. The molecule has 8 nitrogen and oxygen atoms in total. The van der Waals surface area contributed by atoms with Crippen molar-refractivity contribution in [3.05, 3.63) is 60.2 Å². The normalized spacial score (nSPS) is 12.4. The van der Waals surface area contributed by atoms with Crippen LogP contribution in [0.3, 0.4) is 0 Å². The number of aliphatic carboxylic acids is 1. The number of ether oxygens (including phenoxy) is 3. The molecular formula is C27H38N2O6. The lowest BCUT2D eigenvalue weighted by atomic mass is 10.1. The van der Waals surface area contributed by atoms with Gasteiger partial charge in [-0.05, 0) is 56.5 Å². The fourth-order valence-electron chi connectivity index (χ4n) is 3.31. The molecule has 0 aliphatic carbocycles. The van der Waals surface area contributed by atoms with E-state index in [0.29, 0.717) is 45.1 Å². The van der Waals surface area contributed by atoms with Gasteiger partial charge in [-0.2, -0.15) is 0 Å². The monoisotopic (exact) mass is 486 g/mol. The van der Waals surface area contributed by atoms with Crippen LogP contribution in [0.2, 0.25) is 0 Å². The van der Waals surface area contributed by atoms with E-state index in [1.807, 2.05) is 56.3 Å². The zero-order valence-corrected chi connectivity index (χ0v) is 20.9. The highest BCUT2D eigenvalue weighted by Gasteiger charge is 2.18. The highest BCUT2D eigenvalue weighted by atomic mass is 16.5. The molecular weight excluding hydrogens is 448 g/mol. The van der Waals surface area contributed by atoms with Gasteiger partial charge in [0.25, 0.3) is 0 Å². The van der Waals surface area contributed by atoms with Gasteiger partial charge in [0.15, 0.2) is 6.10 Å². The number of carboxylic acids is 1. The summed E-state index contributed by atoms with van der Waals surface area (Å²) in [5.74, 6) is 0.495. The van der Waals surface area contributed by atoms with Crippen molar-refractivity contribution in [1.29, 1.82) is 0 Å². The van der Waals surface area contributed by atoms with Crippen LogP contribution < -0.4 is 14.8 Å². The molecule has 0 aromatic heterocycles. The molecule has 2 atom stereocenters. The fourth-order valence-corrected chi connectivity index (χ4v) is 3.31. The standard InChI is InChI=1S/C27H38N2O6/c1-4-21(3)28-27(32)29(16-9-18-34-23-10-7-6-8-11-23)17-19-35-24-14-12-22(13-15-24)20-25(26(30)31)33-5-2/h6-8,10-15,21,25H,4-5,9,16-20H2,1-3H3,(H,28,32)(H,30,31). The zero-order valence-electron chi connectivity index (χ0n) is 20.9. The number of carbonyl (C=O) groups is 2. The minimum atomic E-state index is -0.975. The maximum absolute atomic E-state index is 12.7. The third-order valence-corrected chi connectivity index (χ3v) is 5.47. The third-order valence-electron chi connectivity index (χ3n) is 5.47. The molecule has 192 valence electrons. The zero-order chi connectivity index (χ0) is 25.5. The van der Waals surface area contributed by atoms with Crippen LogP contribution in [0.25, 0.3) is 0 Å². The number of hydrogen-bond donors (Lipinski definition) is 2. The number of carbonyl (C=O) groups excluding carboxylic acids is 1. The number of benzene rings is 2. The molecule has 2 aromatic rings. The summed E-state index contributed by atoms with van der Waals surface area (Å²) in [7, 11) is 0. The van der Waals surface area contributed by atoms with E-state index in [2.05, 4.69) is 5.32 Å². The molecule has 2 aromatic carbocycles. The van der Waals surface area contributed by atoms with Crippen molar-refractivity contribution in [2.45, 2.75) is 52.2 Å². The van der Waals surface area contributed by atoms with E-state index in [1.54, 1.807) is 24.0 Å². The molecule has 0 saturated heterocycles. The average molecular weight is 487 g/mol. The molecule has 2 rings (SSSR count). The highest BCUT2D eigenvalue weighted by molar-refractivity contribution is 5.74. The maximum atomic E-state index is 12.7. The van der Waals surface area contributed by atoms with Crippen LogP contribution in [0.15, 0.2) is 54.6 Å². The minimum absolute atomic E-state index is 0.0883. The van der Waals surface area contributed by atoms with Crippen molar-refractivity contribution < 1.29 is 28.9 Å². The molecule has 0 radical (unpaired) electrons. The van der Waals surface area contributed by atoms with E-state index < -0.39 is 12.1 Å². The van der Waals surface area contributed by atoms with Gasteiger partial charge in [-0.3, -0.25) is 0 Å². The molecule has 2 unspecified atom stereocenters. The van der Waals surface area contributed by atoms with Crippen molar-refractivity contribution in [2.75, 3.05) is 32.9 Å². The Morgan fingerprint density at radius 2 is 1.60 bits per heavy atom. The molecule has 2 N–H and O–H groups in total. The second-order valence-corrected chi connectivity index (χ2v) is 8.24. The minimum Gasteiger partial charge on any atom is -0.494 e. The van der Waals surface area contributed by atoms with Crippen molar-refractivity contribution in [3.63, 3.8) is 0 Å². The highest BCUT2D eigenvalue weighted by Crippen LogP contribution is 2.15. The second kappa shape index (κ2) is 15.6. The molecule has 35 heavy (non-hydrogen) atoms. The summed E-state index contributed by atoms with van der Waals surface area (Å²) >= 11 is 0. The van der Waals surface area contributed by atoms with E-state index >= 15 is 0 Å². The topological polar surface area (TPSA) is 97.3 Å². The van der Waals surface area contributed by atoms with Gasteiger partial charge in [-0.15, -0.1) is 0 Å². The molecule has 0 spiro atoms. The molecule has 0 aliphatic rings. The molecule has 2 amide bonds. The SMILES string of the molecule is CCOC(Cc1ccc(OCCN(CCCOc2ccccc2)C(=O)NC(C)CC)cc1)C(=O)O. The summed E-state index contributed by atoms with van der Waals surface area (Å²) in [6, 6.07) is 16.8. The predicted molar refractivity (Wildman–Crippen MR) is 135 cm³/mol. The maximum Gasteiger partial charge on any atom is 0.333 e. The Balaban J connectivity index is 1.84. The van der Waals surface area contributed by atoms with Crippen LogP contribution in [0.4, 0.5) is 4.79 Å². The fraction of sp³-hybridized carbons (Fsp3) is 0.481. The van der Waals surface area contributed by atoms with Gasteiger partial charge in [0.05, 0.1) is 13.2 Å². The quantitative estimate of drug-likeness (QED) is 0.342. The van der Waals surface area contributed by atoms with E-state index in [-0.39, 0.29) is 18.5 Å². The lowest BCUT2D eigenvalue weighted by Crippen LogP contribution is -2.45. The van der Waals surface area contributed by atoms with Gasteiger partial charge in [0, 0.05) is 25.6 Å². The lowest BCUT2D eigenvalue weighted by Gasteiger charge is -2.25. The Bertz CT molecular complexity index is 875. The Morgan fingerprint density at radius 1 is 0.943 bits per heavy atom. The summed E-state index contributed by atoms with van der Waals surface area (Å²) < 4.78 is 16.9. The summed E-state index contributed by atoms with van der Waals surface area (Å²) in [4.78, 5) is 25.8. The van der Waals surface area contributed by atoms with E-state index in [9.17, 15) is 14.7 Å². The van der Waals surface area contributed by atoms with Crippen molar-refractivity contribution in [1.82, 2.24) is 10.2 Å². The van der Waals surface area contributed by atoms with Gasteiger partial charge < -0.3 is 29.5 Å². The molecule has 8 heteroatoms. The summed E-state index contributed by atoms with van der Waals surface area (Å²) in [6.07, 6.45) is 0.973. The number of rotatable bonds is 16. The largest absolute Gasteiger partial charge is 0.494 e. The van der Waals surface area contributed by atoms with E-state index in [4.69, 9.17) is 14.2 Å². The predicted octanol–water partition coefficient (Wildman–Crippen LogP) is 4.38. The first-order valence-corrected chi connectivity index (χ1v) is 12.2. The molecule has 0 bridgehead atoms. The molecule has 0 fully saturated rings. The van der Waals surface area contributed by atoms with Crippen LogP contribution in [0.1, 0.15) is 39.2 Å². The Labute approximate surface area is 208 Å². The van der Waals surface area contributed by atoms with E-state index in [1.165, 1.54) is 0 Å². The van der Waals surface area contributed by atoms with Crippen LogP contribution in [0, 0.1) is 0 Å². The van der Waals surface area contributed by atoms with Crippen LogP contribution in [0.5, 0.6) is 11.5 Å². The molecule has 0 saturated carbocycles. The number of para-hydroxylation sites is 1. The summed E-state index contributed by atoms with van der Waals surface area (Å²) in [6.45, 7) is 7.96. The summed E-state index contributed by atoms with van der Waals surface area (Å²) in [5, 5.41) is 12.3. The summed E-state index contributed by atoms with van der Waals surface area (Å²) in [5.41, 5.74) is 0.853. The van der Waals surface area contributed by atoms with Crippen LogP contribution in [-0.2, 0) is 16.0 Å². The second-order valence-electron chi connectivity index (χ2n) is 8.24. The Morgan fingerprint density at radius 3 is 2.23 bits per heavy atom. The number of carboxylic acid groups (broad SMARTS) is 1. The van der Waals surface area contributed by atoms with Crippen molar-refractivity contribution >= 4 is 12.0 Å². The Kier molecular flexibility index (Phi) is 12.5. The number of amides is 2. The first kappa shape index (κ1) is 28.0. The number of nitrogens with zero attached hydrogens (tertiary/aromatic N) is 1. The van der Waals surface area contributed by atoms with Crippen LogP contribution >= 0.6 is 0 Å². The van der Waals surface area contributed by atoms with Gasteiger partial charge in [0.2, 0.25) is 0 Å². The molecule has 0 aliphatic heterocycles. The van der Waals surface area contributed by atoms with Gasteiger partial charge >= 0.3 is 12.0 Å². The smallest absolute Gasteiger partial charge is 0.333 e. The van der Waals surface area contributed by atoms with Gasteiger partial charge in [0.1, 0.15) is 18.1 Å². The first-order valence-electron chi connectivity index (χ1n) is 12.2.